The van der Waals surface area contributed by atoms with Crippen LogP contribution in [0.25, 0.3) is 0 Å². The number of likely N-dealkylation sites (tertiary alicyclic amines) is 1. The summed E-state index contributed by atoms with van der Waals surface area (Å²) in [5, 5.41) is 13.4. The van der Waals surface area contributed by atoms with Crippen molar-refractivity contribution in [1.82, 2.24) is 19.6 Å². The maximum atomic E-state index is 12.8. The highest BCUT2D eigenvalue weighted by atomic mass is 16.4. The number of carboxylic acid groups (broad SMARTS) is 1. The molecule has 0 bridgehead atoms. The smallest absolute Gasteiger partial charge is 0.306 e. The molecule has 0 aromatic carbocycles. The average molecular weight is 378 g/mol. The zero-order valence-electron chi connectivity index (χ0n) is 16.6. The Bertz CT molecular complexity index is 690. The first-order valence-corrected chi connectivity index (χ1v) is 9.55. The van der Waals surface area contributed by atoms with Crippen LogP contribution in [0.5, 0.6) is 0 Å². The zero-order chi connectivity index (χ0) is 20.1. The van der Waals surface area contributed by atoms with E-state index in [0.29, 0.717) is 43.8 Å². The van der Waals surface area contributed by atoms with Crippen molar-refractivity contribution in [1.29, 1.82) is 0 Å². The molecule has 2 amide bonds. The van der Waals surface area contributed by atoms with Gasteiger partial charge in [-0.1, -0.05) is 20.8 Å². The second-order valence-electron chi connectivity index (χ2n) is 7.59. The maximum Gasteiger partial charge on any atom is 0.306 e. The van der Waals surface area contributed by atoms with E-state index in [2.05, 4.69) is 18.9 Å². The van der Waals surface area contributed by atoms with E-state index in [0.717, 1.165) is 12.2 Å². The Morgan fingerprint density at radius 1 is 1.30 bits per heavy atom. The van der Waals surface area contributed by atoms with Gasteiger partial charge in [-0.2, -0.15) is 5.10 Å². The number of hydrogen-bond acceptors (Lipinski definition) is 4. The fourth-order valence-electron chi connectivity index (χ4n) is 3.42. The molecule has 0 saturated carbocycles. The fraction of sp³-hybridized carbons (Fsp3) is 0.684. The van der Waals surface area contributed by atoms with E-state index in [1.165, 1.54) is 4.90 Å². The van der Waals surface area contributed by atoms with Crippen LogP contribution >= 0.6 is 0 Å². The topological polar surface area (TPSA) is 95.7 Å². The van der Waals surface area contributed by atoms with E-state index in [1.807, 2.05) is 11.6 Å². The number of aliphatic carboxylic acids is 1. The highest BCUT2D eigenvalue weighted by Crippen LogP contribution is 2.18. The molecule has 150 valence electrons. The van der Waals surface area contributed by atoms with Crippen molar-refractivity contribution in [2.45, 2.75) is 46.6 Å². The van der Waals surface area contributed by atoms with Crippen LogP contribution in [0.4, 0.5) is 0 Å². The number of amides is 2. The van der Waals surface area contributed by atoms with Gasteiger partial charge in [-0.05, 0) is 25.2 Å². The highest BCUT2D eigenvalue weighted by Gasteiger charge is 2.28. The van der Waals surface area contributed by atoms with Gasteiger partial charge < -0.3 is 14.9 Å². The Hall–Kier alpha value is -2.38. The van der Waals surface area contributed by atoms with Crippen molar-refractivity contribution in [3.05, 3.63) is 17.5 Å². The van der Waals surface area contributed by atoms with Gasteiger partial charge in [0.05, 0.1) is 29.9 Å². The molecule has 2 heterocycles. The summed E-state index contributed by atoms with van der Waals surface area (Å²) in [6.45, 7) is 7.76. The Morgan fingerprint density at radius 3 is 2.44 bits per heavy atom. The first-order valence-electron chi connectivity index (χ1n) is 9.55. The maximum absolute atomic E-state index is 12.8. The number of carbonyl (C=O) groups is 3. The summed E-state index contributed by atoms with van der Waals surface area (Å²) >= 11 is 0. The highest BCUT2D eigenvalue weighted by molar-refractivity contribution is 5.97. The van der Waals surface area contributed by atoms with Crippen LogP contribution in [0, 0.1) is 11.8 Å². The largest absolute Gasteiger partial charge is 0.481 e. The van der Waals surface area contributed by atoms with Crippen LogP contribution in [-0.4, -0.2) is 69.2 Å². The molecule has 0 unspecified atom stereocenters. The van der Waals surface area contributed by atoms with E-state index in [9.17, 15) is 14.4 Å². The van der Waals surface area contributed by atoms with Gasteiger partial charge in [-0.15, -0.1) is 0 Å². The number of carbonyl (C=O) groups excluding carboxylic acids is 2. The van der Waals surface area contributed by atoms with Crippen molar-refractivity contribution in [3.8, 4) is 0 Å². The summed E-state index contributed by atoms with van der Waals surface area (Å²) in [6, 6.07) is 0. The van der Waals surface area contributed by atoms with E-state index in [-0.39, 0.29) is 24.3 Å². The Morgan fingerprint density at radius 2 is 1.93 bits per heavy atom. The molecule has 8 heteroatoms. The molecule has 1 aromatic rings. The van der Waals surface area contributed by atoms with Crippen molar-refractivity contribution < 1.29 is 19.5 Å². The second-order valence-corrected chi connectivity index (χ2v) is 7.59. The molecular formula is C19H30N4O4. The Kier molecular flexibility index (Phi) is 6.98. The molecule has 1 aliphatic rings. The molecule has 0 radical (unpaired) electrons. The molecular weight excluding hydrogens is 348 g/mol. The van der Waals surface area contributed by atoms with E-state index >= 15 is 0 Å². The first kappa shape index (κ1) is 20.9. The van der Waals surface area contributed by atoms with Gasteiger partial charge in [0.15, 0.2) is 0 Å². The standard InChI is InChI=1S/C19H30N4O4/c1-5-16-15(10-20-23(16)11-13(2)3)18(25)21(4)12-17(24)22-8-6-14(7-9-22)19(26)27/h10,13-14H,5-9,11-12H2,1-4H3,(H,26,27). The van der Waals surface area contributed by atoms with Crippen LogP contribution < -0.4 is 0 Å². The summed E-state index contributed by atoms with van der Waals surface area (Å²) in [5.41, 5.74) is 1.42. The normalized spacial score (nSPS) is 15.2. The third-order valence-corrected chi connectivity index (χ3v) is 4.97. The molecule has 1 saturated heterocycles. The van der Waals surface area contributed by atoms with Gasteiger partial charge in [0.1, 0.15) is 0 Å². The minimum atomic E-state index is -0.806. The number of aromatic nitrogens is 2. The second kappa shape index (κ2) is 9.01. The lowest BCUT2D eigenvalue weighted by molar-refractivity contribution is -0.145. The van der Waals surface area contributed by atoms with E-state index in [4.69, 9.17) is 5.11 Å². The summed E-state index contributed by atoms with van der Waals surface area (Å²) in [6.07, 6.45) is 3.20. The molecule has 0 spiro atoms. The molecule has 1 N–H and O–H groups in total. The van der Waals surface area contributed by atoms with Gasteiger partial charge in [-0.25, -0.2) is 0 Å². The van der Waals surface area contributed by atoms with Crippen LogP contribution in [0.2, 0.25) is 0 Å². The van der Waals surface area contributed by atoms with Crippen LogP contribution in [-0.2, 0) is 22.6 Å². The van der Waals surface area contributed by atoms with Crippen LogP contribution in [0.15, 0.2) is 6.20 Å². The lowest BCUT2D eigenvalue weighted by Gasteiger charge is -2.31. The Balaban J connectivity index is 1.98. The van der Waals surface area contributed by atoms with E-state index in [1.54, 1.807) is 18.1 Å². The molecule has 2 rings (SSSR count). The summed E-state index contributed by atoms with van der Waals surface area (Å²) in [7, 11) is 1.61. The number of carboxylic acids is 1. The van der Waals surface area contributed by atoms with E-state index < -0.39 is 5.97 Å². The van der Waals surface area contributed by atoms with Crippen LogP contribution in [0.3, 0.4) is 0 Å². The molecule has 1 aromatic heterocycles. The molecule has 1 fully saturated rings. The predicted octanol–water partition coefficient (Wildman–Crippen LogP) is 1.50. The minimum absolute atomic E-state index is 0.0188. The number of hydrogen-bond donors (Lipinski definition) is 1. The third-order valence-electron chi connectivity index (χ3n) is 4.97. The van der Waals surface area contributed by atoms with Crippen molar-refractivity contribution >= 4 is 17.8 Å². The number of rotatable bonds is 7. The first-order chi connectivity index (χ1) is 12.7. The number of likely N-dealkylation sites (N-methyl/N-ethyl adjacent to an activating group) is 1. The molecule has 27 heavy (non-hydrogen) atoms. The van der Waals surface area contributed by atoms with Gasteiger partial charge >= 0.3 is 5.97 Å². The monoisotopic (exact) mass is 378 g/mol. The fourth-order valence-corrected chi connectivity index (χ4v) is 3.42. The zero-order valence-corrected chi connectivity index (χ0v) is 16.6. The number of piperidine rings is 1. The predicted molar refractivity (Wildman–Crippen MR) is 100 cm³/mol. The molecule has 1 aliphatic heterocycles. The van der Waals surface area contributed by atoms with Crippen molar-refractivity contribution in [2.24, 2.45) is 11.8 Å². The number of nitrogens with zero attached hydrogens (tertiary/aromatic N) is 4. The molecule has 0 atom stereocenters. The van der Waals surface area contributed by atoms with Crippen molar-refractivity contribution in [3.63, 3.8) is 0 Å². The third kappa shape index (κ3) is 5.08. The quantitative estimate of drug-likeness (QED) is 0.776. The Labute approximate surface area is 160 Å². The molecule has 8 nitrogen and oxygen atoms in total. The average Bonchev–Trinajstić information content (AvgIpc) is 3.02. The van der Waals surface area contributed by atoms with Gasteiger partial charge in [0.25, 0.3) is 5.91 Å². The van der Waals surface area contributed by atoms with Crippen LogP contribution in [0.1, 0.15) is 49.7 Å². The van der Waals surface area contributed by atoms with Gasteiger partial charge in [-0.3, -0.25) is 19.1 Å². The minimum Gasteiger partial charge on any atom is -0.481 e. The SMILES string of the molecule is CCc1c(C(=O)N(C)CC(=O)N2CCC(C(=O)O)CC2)cnn1CC(C)C. The lowest BCUT2D eigenvalue weighted by atomic mass is 9.97. The van der Waals surface area contributed by atoms with Gasteiger partial charge in [0.2, 0.25) is 5.91 Å². The summed E-state index contributed by atoms with van der Waals surface area (Å²) < 4.78 is 1.87. The lowest BCUT2D eigenvalue weighted by Crippen LogP contribution is -2.45. The van der Waals surface area contributed by atoms with Gasteiger partial charge in [0, 0.05) is 26.7 Å². The summed E-state index contributed by atoms with van der Waals surface area (Å²) in [5.74, 6) is -1.13. The summed E-state index contributed by atoms with van der Waals surface area (Å²) in [4.78, 5) is 39.4. The molecule has 0 aliphatic carbocycles. The van der Waals surface area contributed by atoms with Crippen molar-refractivity contribution in [2.75, 3.05) is 26.7 Å².